The Labute approximate surface area is 144 Å². The van der Waals surface area contributed by atoms with Crippen LogP contribution in [0.3, 0.4) is 0 Å². The van der Waals surface area contributed by atoms with Crippen molar-refractivity contribution in [3.8, 4) is 0 Å². The van der Waals surface area contributed by atoms with E-state index in [1.54, 1.807) is 28.6 Å². The molecular weight excluding hydrogens is 324 g/mol. The molecule has 0 unspecified atom stereocenters. The number of hydrogen-bond acceptors (Lipinski definition) is 3. The van der Waals surface area contributed by atoms with E-state index in [9.17, 15) is 13.2 Å². The van der Waals surface area contributed by atoms with Crippen LogP contribution in [-0.4, -0.2) is 49.2 Å². The van der Waals surface area contributed by atoms with Crippen LogP contribution in [0.1, 0.15) is 55.8 Å². The highest BCUT2D eigenvalue weighted by Crippen LogP contribution is 2.23. The van der Waals surface area contributed by atoms with Crippen molar-refractivity contribution in [3.63, 3.8) is 0 Å². The van der Waals surface area contributed by atoms with E-state index >= 15 is 0 Å². The van der Waals surface area contributed by atoms with Crippen molar-refractivity contribution in [2.75, 3.05) is 19.6 Å². The van der Waals surface area contributed by atoms with E-state index in [2.05, 4.69) is 6.92 Å². The number of rotatable bonds is 3. The van der Waals surface area contributed by atoms with Gasteiger partial charge in [-0.1, -0.05) is 6.42 Å². The molecule has 1 atom stereocenters. The molecule has 0 aliphatic carbocycles. The van der Waals surface area contributed by atoms with Gasteiger partial charge in [-0.25, -0.2) is 8.42 Å². The molecule has 0 N–H and O–H groups in total. The Hall–Kier alpha value is -1.40. The molecule has 0 saturated carbocycles. The lowest BCUT2D eigenvalue weighted by molar-refractivity contribution is 0.0635. The van der Waals surface area contributed by atoms with Gasteiger partial charge in [0, 0.05) is 31.2 Å². The normalized spacial score (nSPS) is 23.2. The van der Waals surface area contributed by atoms with Crippen molar-refractivity contribution < 1.29 is 13.2 Å². The molecule has 0 spiro atoms. The van der Waals surface area contributed by atoms with Crippen molar-refractivity contribution in [1.82, 2.24) is 9.21 Å². The molecule has 2 aliphatic heterocycles. The fourth-order valence-electron chi connectivity index (χ4n) is 3.59. The molecule has 0 aromatic heterocycles. The SMILES string of the molecule is C[C@H]1CCCCN1C(=O)c1ccc(S(=O)(=O)N2CCCCC2)cc1. The minimum Gasteiger partial charge on any atom is -0.336 e. The van der Waals surface area contributed by atoms with Crippen LogP contribution in [0.15, 0.2) is 29.2 Å². The maximum Gasteiger partial charge on any atom is 0.254 e. The van der Waals surface area contributed by atoms with E-state index in [1.807, 2.05) is 4.90 Å². The van der Waals surface area contributed by atoms with Gasteiger partial charge in [0.25, 0.3) is 5.91 Å². The third-order valence-corrected chi connectivity index (χ3v) is 7.03. The van der Waals surface area contributed by atoms with E-state index in [-0.39, 0.29) is 16.8 Å². The first-order valence-corrected chi connectivity index (χ1v) is 10.4. The van der Waals surface area contributed by atoms with Gasteiger partial charge in [0.2, 0.25) is 10.0 Å². The summed E-state index contributed by atoms with van der Waals surface area (Å²) in [6.45, 7) is 4.04. The summed E-state index contributed by atoms with van der Waals surface area (Å²) < 4.78 is 26.9. The van der Waals surface area contributed by atoms with E-state index in [1.165, 1.54) is 0 Å². The molecule has 132 valence electrons. The maximum absolute atomic E-state index is 12.7. The summed E-state index contributed by atoms with van der Waals surface area (Å²) >= 11 is 0. The smallest absolute Gasteiger partial charge is 0.254 e. The number of hydrogen-bond donors (Lipinski definition) is 0. The molecular formula is C18H26N2O3S. The van der Waals surface area contributed by atoms with E-state index in [4.69, 9.17) is 0 Å². The Morgan fingerprint density at radius 1 is 0.958 bits per heavy atom. The first-order valence-electron chi connectivity index (χ1n) is 8.91. The van der Waals surface area contributed by atoms with Crippen LogP contribution < -0.4 is 0 Å². The van der Waals surface area contributed by atoms with Crippen LogP contribution in [0, 0.1) is 0 Å². The van der Waals surface area contributed by atoms with Gasteiger partial charge in [-0.3, -0.25) is 4.79 Å². The number of benzene rings is 1. The van der Waals surface area contributed by atoms with Gasteiger partial charge >= 0.3 is 0 Å². The molecule has 2 aliphatic rings. The molecule has 2 saturated heterocycles. The minimum absolute atomic E-state index is 0.00382. The lowest BCUT2D eigenvalue weighted by Gasteiger charge is -2.33. The van der Waals surface area contributed by atoms with Crippen molar-refractivity contribution in [3.05, 3.63) is 29.8 Å². The topological polar surface area (TPSA) is 57.7 Å². The number of likely N-dealkylation sites (tertiary alicyclic amines) is 1. The summed E-state index contributed by atoms with van der Waals surface area (Å²) in [6.07, 6.45) is 6.17. The van der Waals surface area contributed by atoms with Crippen molar-refractivity contribution in [2.24, 2.45) is 0 Å². The van der Waals surface area contributed by atoms with Gasteiger partial charge < -0.3 is 4.90 Å². The summed E-state index contributed by atoms with van der Waals surface area (Å²) in [7, 11) is -3.43. The number of piperidine rings is 2. The standard InChI is InChI=1S/C18H26N2O3S/c1-15-7-3-6-14-20(15)18(21)16-8-10-17(11-9-16)24(22,23)19-12-4-2-5-13-19/h8-11,15H,2-7,12-14H2,1H3/t15-/m0/s1. The quantitative estimate of drug-likeness (QED) is 0.842. The minimum atomic E-state index is -3.43. The largest absolute Gasteiger partial charge is 0.336 e. The Kier molecular flexibility index (Phi) is 5.25. The molecule has 1 aromatic rings. The maximum atomic E-state index is 12.7. The fraction of sp³-hybridized carbons (Fsp3) is 0.611. The van der Waals surface area contributed by atoms with Gasteiger partial charge in [-0.2, -0.15) is 4.31 Å². The summed E-state index contributed by atoms with van der Waals surface area (Å²) in [6, 6.07) is 6.71. The van der Waals surface area contributed by atoms with Gasteiger partial charge in [0.05, 0.1) is 4.90 Å². The average molecular weight is 350 g/mol. The van der Waals surface area contributed by atoms with Gasteiger partial charge in [-0.05, 0) is 63.3 Å². The van der Waals surface area contributed by atoms with Crippen molar-refractivity contribution >= 4 is 15.9 Å². The third-order valence-electron chi connectivity index (χ3n) is 5.12. The van der Waals surface area contributed by atoms with Crippen LogP contribution >= 0.6 is 0 Å². The Morgan fingerprint density at radius 2 is 1.58 bits per heavy atom. The predicted octanol–water partition coefficient (Wildman–Crippen LogP) is 2.88. The Bertz CT molecular complexity index is 679. The summed E-state index contributed by atoms with van der Waals surface area (Å²) in [5.41, 5.74) is 0.571. The van der Waals surface area contributed by atoms with Crippen LogP contribution in [0.5, 0.6) is 0 Å². The molecule has 5 nitrogen and oxygen atoms in total. The first-order chi connectivity index (χ1) is 11.5. The molecule has 24 heavy (non-hydrogen) atoms. The zero-order chi connectivity index (χ0) is 17.2. The van der Waals surface area contributed by atoms with Gasteiger partial charge in [0.1, 0.15) is 0 Å². The Balaban J connectivity index is 1.76. The number of carbonyl (C=O) groups excluding carboxylic acids is 1. The van der Waals surface area contributed by atoms with Crippen LogP contribution in [0.4, 0.5) is 0 Å². The number of sulfonamides is 1. The van der Waals surface area contributed by atoms with Crippen LogP contribution in [-0.2, 0) is 10.0 Å². The highest BCUT2D eigenvalue weighted by atomic mass is 32.2. The highest BCUT2D eigenvalue weighted by Gasteiger charge is 2.27. The summed E-state index contributed by atoms with van der Waals surface area (Å²) in [4.78, 5) is 14.8. The van der Waals surface area contributed by atoms with Crippen LogP contribution in [0.2, 0.25) is 0 Å². The van der Waals surface area contributed by atoms with E-state index in [0.29, 0.717) is 18.7 Å². The highest BCUT2D eigenvalue weighted by molar-refractivity contribution is 7.89. The van der Waals surface area contributed by atoms with Gasteiger partial charge in [0.15, 0.2) is 0 Å². The molecule has 2 fully saturated rings. The van der Waals surface area contributed by atoms with E-state index < -0.39 is 10.0 Å². The summed E-state index contributed by atoms with van der Waals surface area (Å²) in [5, 5.41) is 0. The molecule has 2 heterocycles. The second kappa shape index (κ2) is 7.23. The first kappa shape index (κ1) is 17.4. The lowest BCUT2D eigenvalue weighted by atomic mass is 10.0. The van der Waals surface area contributed by atoms with Crippen molar-refractivity contribution in [2.45, 2.75) is 56.4 Å². The molecule has 0 radical (unpaired) electrons. The number of nitrogens with zero attached hydrogens (tertiary/aromatic N) is 2. The predicted molar refractivity (Wildman–Crippen MR) is 93.4 cm³/mol. The van der Waals surface area contributed by atoms with Crippen molar-refractivity contribution in [1.29, 1.82) is 0 Å². The Morgan fingerprint density at radius 3 is 2.21 bits per heavy atom. The number of carbonyl (C=O) groups is 1. The molecule has 3 rings (SSSR count). The van der Waals surface area contributed by atoms with E-state index in [0.717, 1.165) is 45.1 Å². The molecule has 0 bridgehead atoms. The monoisotopic (exact) mass is 350 g/mol. The third kappa shape index (κ3) is 3.49. The lowest BCUT2D eigenvalue weighted by Crippen LogP contribution is -2.42. The van der Waals surface area contributed by atoms with Crippen LogP contribution in [0.25, 0.3) is 0 Å². The number of amides is 1. The molecule has 1 aromatic carbocycles. The van der Waals surface area contributed by atoms with Gasteiger partial charge in [-0.15, -0.1) is 0 Å². The molecule has 6 heteroatoms. The summed E-state index contributed by atoms with van der Waals surface area (Å²) in [5.74, 6) is 0.00382. The fourth-order valence-corrected chi connectivity index (χ4v) is 5.11. The second-order valence-corrected chi connectivity index (χ2v) is 8.77. The zero-order valence-corrected chi connectivity index (χ0v) is 15.1. The molecule has 1 amide bonds. The zero-order valence-electron chi connectivity index (χ0n) is 14.3. The second-order valence-electron chi connectivity index (χ2n) is 6.83. The average Bonchev–Trinajstić information content (AvgIpc) is 2.62.